The molecule has 0 bridgehead atoms. The van der Waals surface area contributed by atoms with Gasteiger partial charge in [0, 0.05) is 24.3 Å². The van der Waals surface area contributed by atoms with Crippen molar-refractivity contribution in [3.05, 3.63) is 53.6 Å². The number of nitrogens with zero attached hydrogens (tertiary/aromatic N) is 1. The van der Waals surface area contributed by atoms with E-state index in [1.165, 1.54) is 13.2 Å². The van der Waals surface area contributed by atoms with E-state index in [9.17, 15) is 14.7 Å². The highest BCUT2D eigenvalue weighted by Crippen LogP contribution is 2.30. The van der Waals surface area contributed by atoms with Crippen LogP contribution in [0.5, 0.6) is 11.5 Å². The number of phenols is 1. The van der Waals surface area contributed by atoms with E-state index in [1.54, 1.807) is 36.4 Å². The predicted molar refractivity (Wildman–Crippen MR) is 98.8 cm³/mol. The van der Waals surface area contributed by atoms with Gasteiger partial charge in [-0.1, -0.05) is 12.1 Å². The number of amides is 2. The summed E-state index contributed by atoms with van der Waals surface area (Å²) in [6.45, 7) is 1.54. The second-order valence-electron chi connectivity index (χ2n) is 6.24. The third-order valence-electron chi connectivity index (χ3n) is 4.47. The molecule has 0 saturated carbocycles. The summed E-state index contributed by atoms with van der Waals surface area (Å²) >= 11 is 0. The number of para-hydroxylation sites is 1. The molecular formula is C20H22N2O4. The van der Waals surface area contributed by atoms with Crippen LogP contribution < -0.4 is 10.1 Å². The average Bonchev–Trinajstić information content (AvgIpc) is 2.68. The zero-order valence-electron chi connectivity index (χ0n) is 14.7. The first-order valence-electron chi connectivity index (χ1n) is 8.67. The molecule has 0 atom stereocenters. The van der Waals surface area contributed by atoms with Gasteiger partial charge in [0.2, 0.25) is 0 Å². The molecule has 1 heterocycles. The largest absolute Gasteiger partial charge is 0.504 e. The van der Waals surface area contributed by atoms with E-state index in [4.69, 9.17) is 4.74 Å². The molecule has 3 rings (SSSR count). The summed E-state index contributed by atoms with van der Waals surface area (Å²) in [6, 6.07) is 11.6. The summed E-state index contributed by atoms with van der Waals surface area (Å²) < 4.78 is 5.02. The summed E-state index contributed by atoms with van der Waals surface area (Å²) in [5.41, 5.74) is 1.15. The van der Waals surface area contributed by atoms with E-state index in [-0.39, 0.29) is 23.0 Å². The summed E-state index contributed by atoms with van der Waals surface area (Å²) in [5, 5.41) is 12.8. The highest BCUT2D eigenvalue weighted by Gasteiger charge is 2.19. The van der Waals surface area contributed by atoms with E-state index in [1.807, 2.05) is 4.90 Å². The SMILES string of the molecule is COc1cccc(C(=O)Nc2cccc(C(=O)N3CCCCC3)c2)c1O. The number of nitrogens with one attached hydrogen (secondary N) is 1. The zero-order valence-corrected chi connectivity index (χ0v) is 14.7. The fraction of sp³-hybridized carbons (Fsp3) is 0.300. The smallest absolute Gasteiger partial charge is 0.259 e. The van der Waals surface area contributed by atoms with Crippen LogP contribution in [0, 0.1) is 0 Å². The summed E-state index contributed by atoms with van der Waals surface area (Å²) in [5.74, 6) is -0.478. The van der Waals surface area contributed by atoms with Crippen molar-refractivity contribution in [1.29, 1.82) is 0 Å². The Bertz CT molecular complexity index is 813. The molecule has 0 aliphatic carbocycles. The zero-order chi connectivity index (χ0) is 18.5. The van der Waals surface area contributed by atoms with E-state index >= 15 is 0 Å². The number of carbonyl (C=O) groups excluding carboxylic acids is 2. The summed E-state index contributed by atoms with van der Waals surface area (Å²) in [7, 11) is 1.42. The van der Waals surface area contributed by atoms with Crippen LogP contribution >= 0.6 is 0 Å². The van der Waals surface area contributed by atoms with Crippen LogP contribution in [-0.2, 0) is 0 Å². The molecule has 2 aromatic carbocycles. The molecule has 0 radical (unpaired) electrons. The van der Waals surface area contributed by atoms with E-state index in [2.05, 4.69) is 5.32 Å². The number of likely N-dealkylation sites (tertiary alicyclic amines) is 1. The van der Waals surface area contributed by atoms with Crippen LogP contribution in [-0.4, -0.2) is 42.0 Å². The normalized spacial score (nSPS) is 14.0. The van der Waals surface area contributed by atoms with Gasteiger partial charge >= 0.3 is 0 Å². The van der Waals surface area contributed by atoms with Gasteiger partial charge in [0.25, 0.3) is 11.8 Å². The van der Waals surface area contributed by atoms with Crippen molar-refractivity contribution in [2.45, 2.75) is 19.3 Å². The van der Waals surface area contributed by atoms with E-state index < -0.39 is 5.91 Å². The Kier molecular flexibility index (Phi) is 5.41. The highest BCUT2D eigenvalue weighted by atomic mass is 16.5. The molecule has 6 nitrogen and oxygen atoms in total. The molecule has 6 heteroatoms. The molecule has 1 aliphatic heterocycles. The molecule has 0 spiro atoms. The van der Waals surface area contributed by atoms with Gasteiger partial charge in [-0.15, -0.1) is 0 Å². The number of hydrogen-bond acceptors (Lipinski definition) is 4. The minimum absolute atomic E-state index is 0.0231. The maximum atomic E-state index is 12.6. The van der Waals surface area contributed by atoms with Crippen LogP contribution in [0.1, 0.15) is 40.0 Å². The van der Waals surface area contributed by atoms with E-state index in [0.29, 0.717) is 11.3 Å². The first kappa shape index (κ1) is 17.8. The summed E-state index contributed by atoms with van der Waals surface area (Å²) in [4.78, 5) is 26.9. The van der Waals surface area contributed by atoms with Gasteiger partial charge in [0.05, 0.1) is 12.7 Å². The second-order valence-corrected chi connectivity index (χ2v) is 6.24. The Morgan fingerprint density at radius 3 is 2.54 bits per heavy atom. The number of aromatic hydroxyl groups is 1. The van der Waals surface area contributed by atoms with E-state index in [0.717, 1.165) is 32.4 Å². The first-order chi connectivity index (χ1) is 12.6. The van der Waals surface area contributed by atoms with Gasteiger partial charge in [-0.05, 0) is 49.6 Å². The molecule has 2 aromatic rings. The topological polar surface area (TPSA) is 78.9 Å². The molecule has 2 amide bonds. The van der Waals surface area contributed by atoms with Crippen LogP contribution in [0.25, 0.3) is 0 Å². The third kappa shape index (κ3) is 3.79. The molecule has 26 heavy (non-hydrogen) atoms. The number of rotatable bonds is 4. The molecule has 1 fully saturated rings. The van der Waals surface area contributed by atoms with Gasteiger partial charge in [-0.25, -0.2) is 0 Å². The standard InChI is InChI=1S/C20H22N2O4/c1-26-17-10-6-9-16(18(17)23)19(24)21-15-8-5-7-14(13-15)20(25)22-11-3-2-4-12-22/h5-10,13,23H,2-4,11-12H2,1H3,(H,21,24). The lowest BCUT2D eigenvalue weighted by Crippen LogP contribution is -2.35. The number of ether oxygens (including phenoxy) is 1. The molecule has 1 aliphatic rings. The summed E-state index contributed by atoms with van der Waals surface area (Å²) in [6.07, 6.45) is 3.21. The number of benzene rings is 2. The molecule has 0 aromatic heterocycles. The third-order valence-corrected chi connectivity index (χ3v) is 4.47. The van der Waals surface area contributed by atoms with Crippen LogP contribution in [0.2, 0.25) is 0 Å². The van der Waals surface area contributed by atoms with Crippen LogP contribution in [0.15, 0.2) is 42.5 Å². The lowest BCUT2D eigenvalue weighted by Gasteiger charge is -2.26. The Labute approximate surface area is 152 Å². The predicted octanol–water partition coefficient (Wildman–Crippen LogP) is 3.28. The van der Waals surface area contributed by atoms with Gasteiger partial charge in [0.15, 0.2) is 11.5 Å². The Morgan fingerprint density at radius 2 is 1.81 bits per heavy atom. The van der Waals surface area contributed by atoms with Crippen LogP contribution in [0.4, 0.5) is 5.69 Å². The van der Waals surface area contributed by atoms with Crippen molar-refractivity contribution < 1.29 is 19.4 Å². The quantitative estimate of drug-likeness (QED) is 0.883. The monoisotopic (exact) mass is 354 g/mol. The van der Waals surface area contributed by atoms with Gasteiger partial charge in [-0.3, -0.25) is 9.59 Å². The van der Waals surface area contributed by atoms with Gasteiger partial charge in [0.1, 0.15) is 0 Å². The maximum absolute atomic E-state index is 12.6. The fourth-order valence-electron chi connectivity index (χ4n) is 3.08. The van der Waals surface area contributed by atoms with Crippen molar-refractivity contribution in [1.82, 2.24) is 4.90 Å². The first-order valence-corrected chi connectivity index (χ1v) is 8.67. The number of anilines is 1. The lowest BCUT2D eigenvalue weighted by molar-refractivity contribution is 0.0724. The number of hydrogen-bond donors (Lipinski definition) is 2. The minimum atomic E-state index is -0.469. The molecular weight excluding hydrogens is 332 g/mol. The van der Waals surface area contributed by atoms with Crippen molar-refractivity contribution in [3.8, 4) is 11.5 Å². The number of carbonyl (C=O) groups is 2. The molecule has 1 saturated heterocycles. The Balaban J connectivity index is 1.76. The Hall–Kier alpha value is -3.02. The minimum Gasteiger partial charge on any atom is -0.504 e. The van der Waals surface area contributed by atoms with Crippen molar-refractivity contribution >= 4 is 17.5 Å². The molecule has 0 unspecified atom stereocenters. The number of phenolic OH excluding ortho intramolecular Hbond substituents is 1. The average molecular weight is 354 g/mol. The van der Waals surface area contributed by atoms with Gasteiger partial charge < -0.3 is 20.1 Å². The van der Waals surface area contributed by atoms with Crippen molar-refractivity contribution in [2.24, 2.45) is 0 Å². The Morgan fingerprint density at radius 1 is 1.08 bits per heavy atom. The number of piperidine rings is 1. The lowest BCUT2D eigenvalue weighted by atomic mass is 10.1. The fourth-order valence-corrected chi connectivity index (χ4v) is 3.08. The molecule has 2 N–H and O–H groups in total. The highest BCUT2D eigenvalue weighted by molar-refractivity contribution is 6.07. The van der Waals surface area contributed by atoms with Crippen molar-refractivity contribution in [3.63, 3.8) is 0 Å². The van der Waals surface area contributed by atoms with Crippen molar-refractivity contribution in [2.75, 3.05) is 25.5 Å². The second kappa shape index (κ2) is 7.91. The number of methoxy groups -OCH3 is 1. The van der Waals surface area contributed by atoms with Crippen LogP contribution in [0.3, 0.4) is 0 Å². The molecule has 136 valence electrons. The van der Waals surface area contributed by atoms with Gasteiger partial charge in [-0.2, -0.15) is 0 Å². The maximum Gasteiger partial charge on any atom is 0.259 e.